The van der Waals surface area contributed by atoms with Crippen LogP contribution in [0.5, 0.6) is 0 Å². The van der Waals surface area contributed by atoms with Crippen LogP contribution in [0, 0.1) is 0 Å². The zero-order chi connectivity index (χ0) is 44.5. The highest BCUT2D eigenvalue weighted by atomic mass is 127. The van der Waals surface area contributed by atoms with Gasteiger partial charge >= 0.3 is 0 Å². The molecule has 2 saturated heterocycles. The fraction of sp³-hybridized carbons (Fsp3) is 0.333. The molecule has 0 spiro atoms. The lowest BCUT2D eigenvalue weighted by atomic mass is 9.96. The van der Waals surface area contributed by atoms with Gasteiger partial charge in [-0.05, 0) is 33.4 Å². The number of halogens is 1. The molecule has 0 radical (unpaired) electrons. The van der Waals surface area contributed by atoms with E-state index in [4.69, 9.17) is 42.6 Å². The summed E-state index contributed by atoms with van der Waals surface area (Å²) in [5.74, 6) is 0. The summed E-state index contributed by atoms with van der Waals surface area (Å²) in [5, 5.41) is 11.8. The minimum absolute atomic E-state index is 0.0714. The van der Waals surface area contributed by atoms with E-state index in [1.54, 1.807) is 0 Å². The van der Waals surface area contributed by atoms with Crippen molar-refractivity contribution in [1.29, 1.82) is 0 Å². The van der Waals surface area contributed by atoms with Crippen LogP contribution < -0.4 is 0 Å². The molecule has 0 saturated carbocycles. The number of aliphatic hydroxyl groups excluding tert-OH is 1. The van der Waals surface area contributed by atoms with Gasteiger partial charge in [0.15, 0.2) is 12.6 Å². The van der Waals surface area contributed by atoms with Crippen LogP contribution in [-0.4, -0.2) is 77.6 Å². The Morgan fingerprint density at radius 2 is 0.708 bits per heavy atom. The van der Waals surface area contributed by atoms with E-state index in [-0.39, 0.29) is 26.4 Å². The quantitative estimate of drug-likeness (QED) is 0.0523. The summed E-state index contributed by atoms with van der Waals surface area (Å²) in [4.78, 5) is 0. The van der Waals surface area contributed by atoms with Gasteiger partial charge in [-0.25, -0.2) is 0 Å². The third-order valence-electron chi connectivity index (χ3n) is 11.5. The van der Waals surface area contributed by atoms with Crippen molar-refractivity contribution in [1.82, 2.24) is 0 Å². The first-order valence-electron chi connectivity index (χ1n) is 22.2. The summed E-state index contributed by atoms with van der Waals surface area (Å²) in [5.41, 5.74) is 5.88. The first-order valence-corrected chi connectivity index (χ1v) is 23.7. The van der Waals surface area contributed by atoms with Gasteiger partial charge in [-0.2, -0.15) is 0 Å². The Bertz CT molecular complexity index is 2210. The number of rotatable bonds is 22. The molecule has 0 bridgehead atoms. The maximum atomic E-state index is 11.8. The van der Waals surface area contributed by atoms with Gasteiger partial charge in [-0.15, -0.1) is 0 Å². The second kappa shape index (κ2) is 25.0. The van der Waals surface area contributed by atoms with Crippen molar-refractivity contribution >= 4 is 22.6 Å². The van der Waals surface area contributed by atoms with Crippen LogP contribution in [-0.2, 0) is 82.3 Å². The highest BCUT2D eigenvalue weighted by molar-refractivity contribution is 14.1. The molecule has 6 aromatic rings. The Labute approximate surface area is 395 Å². The summed E-state index contributed by atoms with van der Waals surface area (Å²) < 4.78 is 61.8. The standard InChI is InChI=1S/C54H57IO10/c55-31-45-47(58-33-40-21-9-2-10-22-40)49(59-34-41-23-11-3-12-24-41)52(62-37-44-29-17-6-18-30-44)54(64-45)65-48-46(38-57-32-39-19-7-1-8-20-39)63-53(56)51(61-36-43-27-15-5-16-28-43)50(48)60-35-42-25-13-4-14-26-42/h1-30,45-54,56H,31-38H2/t45-,46-,47-,48-,49+,50+,51-,52-,53-,54-/m1/s1. The summed E-state index contributed by atoms with van der Waals surface area (Å²) in [6, 6.07) is 59.8. The van der Waals surface area contributed by atoms with Crippen LogP contribution in [0.3, 0.4) is 0 Å². The topological polar surface area (TPSA) is 103 Å². The summed E-state index contributed by atoms with van der Waals surface area (Å²) in [6.45, 7) is 1.71. The maximum Gasteiger partial charge on any atom is 0.187 e. The van der Waals surface area contributed by atoms with Crippen LogP contribution in [0.15, 0.2) is 182 Å². The monoisotopic (exact) mass is 992 g/mol. The lowest BCUT2D eigenvalue weighted by molar-refractivity contribution is -0.370. The molecule has 0 amide bonds. The highest BCUT2D eigenvalue weighted by Gasteiger charge is 2.54. The molecule has 11 heteroatoms. The predicted molar refractivity (Wildman–Crippen MR) is 254 cm³/mol. The van der Waals surface area contributed by atoms with E-state index in [0.29, 0.717) is 24.2 Å². The minimum atomic E-state index is -1.37. The molecule has 1 N–H and O–H groups in total. The van der Waals surface area contributed by atoms with Crippen molar-refractivity contribution in [3.05, 3.63) is 215 Å². The first kappa shape index (κ1) is 47.2. The van der Waals surface area contributed by atoms with E-state index in [9.17, 15) is 5.11 Å². The van der Waals surface area contributed by atoms with Crippen LogP contribution in [0.2, 0.25) is 0 Å². The average molecular weight is 993 g/mol. The predicted octanol–water partition coefficient (Wildman–Crippen LogP) is 9.39. The Hall–Kier alpha value is -4.35. The van der Waals surface area contributed by atoms with Gasteiger partial charge in [0.25, 0.3) is 0 Å². The molecule has 2 heterocycles. The molecule has 2 aliphatic heterocycles. The fourth-order valence-corrected chi connectivity index (χ4v) is 8.80. The smallest absolute Gasteiger partial charge is 0.187 e. The lowest BCUT2D eigenvalue weighted by Gasteiger charge is -2.49. The number of hydrogen-bond donors (Lipinski definition) is 1. The zero-order valence-electron chi connectivity index (χ0n) is 36.3. The van der Waals surface area contributed by atoms with Crippen molar-refractivity contribution < 1.29 is 47.7 Å². The van der Waals surface area contributed by atoms with Gasteiger partial charge in [0.05, 0.1) is 52.4 Å². The van der Waals surface area contributed by atoms with Crippen molar-refractivity contribution in [3.63, 3.8) is 0 Å². The van der Waals surface area contributed by atoms with Gasteiger partial charge in [-0.1, -0.05) is 205 Å². The van der Waals surface area contributed by atoms with Crippen LogP contribution >= 0.6 is 22.6 Å². The van der Waals surface area contributed by atoms with E-state index >= 15 is 0 Å². The van der Waals surface area contributed by atoms with Crippen molar-refractivity contribution in [2.45, 2.75) is 101 Å². The third-order valence-corrected chi connectivity index (χ3v) is 12.3. The zero-order valence-corrected chi connectivity index (χ0v) is 38.4. The molecule has 340 valence electrons. The van der Waals surface area contributed by atoms with Gasteiger partial charge in [0, 0.05) is 4.43 Å². The minimum Gasteiger partial charge on any atom is -0.374 e. The number of benzene rings is 6. The average Bonchev–Trinajstić information content (AvgIpc) is 3.36. The Balaban J connectivity index is 1.15. The first-order chi connectivity index (χ1) is 32.1. The van der Waals surface area contributed by atoms with Gasteiger partial charge < -0.3 is 47.7 Å². The molecule has 2 aliphatic rings. The van der Waals surface area contributed by atoms with E-state index in [1.807, 2.05) is 182 Å². The van der Waals surface area contributed by atoms with Gasteiger partial charge in [0.2, 0.25) is 0 Å². The fourth-order valence-electron chi connectivity index (χ4n) is 8.10. The van der Waals surface area contributed by atoms with Crippen LogP contribution in [0.4, 0.5) is 0 Å². The summed E-state index contributed by atoms with van der Waals surface area (Å²) in [7, 11) is 0. The molecular weight excluding hydrogens is 935 g/mol. The van der Waals surface area contributed by atoms with E-state index in [1.165, 1.54) is 0 Å². The summed E-state index contributed by atoms with van der Waals surface area (Å²) in [6.07, 6.45) is -8.41. The van der Waals surface area contributed by atoms with Crippen LogP contribution in [0.1, 0.15) is 33.4 Å². The number of aliphatic hydroxyl groups is 1. The molecule has 8 rings (SSSR count). The van der Waals surface area contributed by atoms with E-state index in [2.05, 4.69) is 22.6 Å². The normalized spacial score (nSPS) is 25.6. The number of hydrogen-bond acceptors (Lipinski definition) is 10. The molecule has 2 fully saturated rings. The highest BCUT2D eigenvalue weighted by Crippen LogP contribution is 2.36. The number of ether oxygens (including phenoxy) is 9. The number of alkyl halides is 1. The second-order valence-electron chi connectivity index (χ2n) is 16.2. The molecule has 0 aliphatic carbocycles. The van der Waals surface area contributed by atoms with Crippen LogP contribution in [0.25, 0.3) is 0 Å². The Kier molecular flexibility index (Phi) is 18.1. The molecule has 6 aromatic carbocycles. The molecule has 10 nitrogen and oxygen atoms in total. The largest absolute Gasteiger partial charge is 0.374 e. The Morgan fingerprint density at radius 1 is 0.369 bits per heavy atom. The lowest BCUT2D eigenvalue weighted by Crippen LogP contribution is -2.66. The SMILES string of the molecule is O[C@@H]1O[C@H](COCc2ccccc2)[C@@H](O[C@H]2O[C@H](CI)[C@@H](OCc3ccccc3)[C@H](OCc3ccccc3)[C@H]2OCc2ccccc2)[C@H](OCc2ccccc2)[C@H]1OCc1ccccc1. The van der Waals surface area contributed by atoms with Crippen molar-refractivity contribution in [2.24, 2.45) is 0 Å². The second-order valence-corrected chi connectivity index (χ2v) is 17.1. The maximum absolute atomic E-state index is 11.8. The van der Waals surface area contributed by atoms with E-state index in [0.717, 1.165) is 33.4 Å². The Morgan fingerprint density at radius 3 is 1.11 bits per heavy atom. The molecular formula is C54H57IO10. The summed E-state index contributed by atoms with van der Waals surface area (Å²) >= 11 is 2.34. The molecule has 0 unspecified atom stereocenters. The third kappa shape index (κ3) is 13.6. The molecule has 10 atom stereocenters. The molecule has 65 heavy (non-hydrogen) atoms. The van der Waals surface area contributed by atoms with Gasteiger partial charge in [0.1, 0.15) is 42.7 Å². The van der Waals surface area contributed by atoms with Gasteiger partial charge in [-0.3, -0.25) is 0 Å². The van der Waals surface area contributed by atoms with E-state index < -0.39 is 61.4 Å². The van der Waals surface area contributed by atoms with Crippen molar-refractivity contribution in [2.75, 3.05) is 11.0 Å². The van der Waals surface area contributed by atoms with Crippen molar-refractivity contribution in [3.8, 4) is 0 Å². The molecule has 0 aromatic heterocycles.